The molecule has 1 fully saturated rings. The second-order valence-corrected chi connectivity index (χ2v) is 5.10. The third-order valence-corrected chi connectivity index (χ3v) is 3.38. The Morgan fingerprint density at radius 2 is 1.82 bits per heavy atom. The van der Waals surface area contributed by atoms with E-state index in [9.17, 15) is 0 Å². The molecule has 2 rings (SSSR count). The molecular formula is C14H23N3. The average Bonchev–Trinajstić information content (AvgIpc) is 2.30. The van der Waals surface area contributed by atoms with Crippen molar-refractivity contribution in [1.29, 1.82) is 0 Å². The molecule has 0 spiro atoms. The van der Waals surface area contributed by atoms with Gasteiger partial charge in [0.25, 0.3) is 0 Å². The van der Waals surface area contributed by atoms with Gasteiger partial charge in [0.1, 0.15) is 0 Å². The molecule has 1 aliphatic heterocycles. The number of hydrogen-bond donors (Lipinski definition) is 1. The van der Waals surface area contributed by atoms with E-state index < -0.39 is 0 Å². The molecule has 3 heteroatoms. The second-order valence-electron chi connectivity index (χ2n) is 5.10. The summed E-state index contributed by atoms with van der Waals surface area (Å²) < 4.78 is 0. The zero-order valence-electron chi connectivity index (χ0n) is 10.9. The molecule has 1 aliphatic rings. The summed E-state index contributed by atoms with van der Waals surface area (Å²) in [6.07, 6.45) is 0.961. The Bertz CT molecular complexity index is 354. The van der Waals surface area contributed by atoms with Gasteiger partial charge in [-0.3, -0.25) is 0 Å². The molecule has 0 aliphatic carbocycles. The molecule has 3 nitrogen and oxygen atoms in total. The van der Waals surface area contributed by atoms with Gasteiger partial charge in [0, 0.05) is 37.9 Å². The lowest BCUT2D eigenvalue weighted by Crippen LogP contribution is -2.44. The third kappa shape index (κ3) is 3.20. The normalized spacial score (nSPS) is 19.4. The summed E-state index contributed by atoms with van der Waals surface area (Å²) in [4.78, 5) is 4.86. The van der Waals surface area contributed by atoms with Crippen LogP contribution in [0.2, 0.25) is 0 Å². The molecular weight excluding hydrogens is 210 g/mol. The van der Waals surface area contributed by atoms with Crippen molar-refractivity contribution >= 4 is 5.69 Å². The van der Waals surface area contributed by atoms with Gasteiger partial charge in [-0.15, -0.1) is 0 Å². The number of likely N-dealkylation sites (N-methyl/N-ethyl adjacent to an activating group) is 1. The number of anilines is 1. The van der Waals surface area contributed by atoms with Gasteiger partial charge in [-0.1, -0.05) is 18.2 Å². The van der Waals surface area contributed by atoms with Gasteiger partial charge in [0.15, 0.2) is 0 Å². The summed E-state index contributed by atoms with van der Waals surface area (Å²) in [6, 6.07) is 8.89. The molecule has 17 heavy (non-hydrogen) atoms. The van der Waals surface area contributed by atoms with Crippen molar-refractivity contribution < 1.29 is 0 Å². The second kappa shape index (κ2) is 5.52. The van der Waals surface area contributed by atoms with E-state index in [0.29, 0.717) is 0 Å². The van der Waals surface area contributed by atoms with Crippen molar-refractivity contribution in [2.45, 2.75) is 19.4 Å². The lowest BCUT2D eigenvalue weighted by molar-refractivity contribution is 0.312. The highest BCUT2D eigenvalue weighted by Gasteiger charge is 2.16. The fourth-order valence-electron chi connectivity index (χ4n) is 2.39. The van der Waals surface area contributed by atoms with Crippen LogP contribution in [0.1, 0.15) is 12.5 Å². The summed E-state index contributed by atoms with van der Waals surface area (Å²) in [7, 11) is 2.19. The standard InChI is InChI=1S/C14H23N3/c1-12(15)11-13-5-3-4-6-14(13)17-9-7-16(2)8-10-17/h3-6,12H,7-11,15H2,1-2H3. The minimum Gasteiger partial charge on any atom is -0.369 e. The molecule has 2 N–H and O–H groups in total. The van der Waals surface area contributed by atoms with Crippen molar-refractivity contribution in [2.75, 3.05) is 38.1 Å². The molecule has 1 aromatic rings. The maximum absolute atomic E-state index is 5.92. The predicted molar refractivity (Wildman–Crippen MR) is 73.5 cm³/mol. The summed E-state index contributed by atoms with van der Waals surface area (Å²) in [5.74, 6) is 0. The van der Waals surface area contributed by atoms with Gasteiger partial charge in [-0.2, -0.15) is 0 Å². The zero-order chi connectivity index (χ0) is 12.3. The Morgan fingerprint density at radius 3 is 2.47 bits per heavy atom. The van der Waals surface area contributed by atoms with Crippen LogP contribution in [0.4, 0.5) is 5.69 Å². The van der Waals surface area contributed by atoms with Crippen LogP contribution in [0.5, 0.6) is 0 Å². The Kier molecular flexibility index (Phi) is 4.02. The maximum Gasteiger partial charge on any atom is 0.0400 e. The van der Waals surface area contributed by atoms with E-state index in [1.165, 1.54) is 11.3 Å². The van der Waals surface area contributed by atoms with E-state index in [1.54, 1.807) is 0 Å². The fraction of sp³-hybridized carbons (Fsp3) is 0.571. The van der Waals surface area contributed by atoms with E-state index in [-0.39, 0.29) is 6.04 Å². The monoisotopic (exact) mass is 233 g/mol. The van der Waals surface area contributed by atoms with Crippen LogP contribution in [0.25, 0.3) is 0 Å². The van der Waals surface area contributed by atoms with Crippen molar-refractivity contribution in [1.82, 2.24) is 4.90 Å². The topological polar surface area (TPSA) is 32.5 Å². The van der Waals surface area contributed by atoms with Crippen LogP contribution in [0, 0.1) is 0 Å². The molecule has 1 atom stereocenters. The first-order valence-corrected chi connectivity index (χ1v) is 6.44. The molecule has 0 amide bonds. The van der Waals surface area contributed by atoms with E-state index in [0.717, 1.165) is 32.6 Å². The van der Waals surface area contributed by atoms with Gasteiger partial charge >= 0.3 is 0 Å². The molecule has 0 radical (unpaired) electrons. The average molecular weight is 233 g/mol. The lowest BCUT2D eigenvalue weighted by atomic mass is 10.0. The number of rotatable bonds is 3. The molecule has 1 aromatic carbocycles. The van der Waals surface area contributed by atoms with Crippen molar-refractivity contribution in [2.24, 2.45) is 5.73 Å². The Morgan fingerprint density at radius 1 is 1.18 bits per heavy atom. The van der Waals surface area contributed by atoms with Crippen LogP contribution in [0.15, 0.2) is 24.3 Å². The Hall–Kier alpha value is -1.06. The van der Waals surface area contributed by atoms with Gasteiger partial charge in [0.2, 0.25) is 0 Å². The molecule has 94 valence electrons. The first-order chi connectivity index (χ1) is 8.16. The minimum atomic E-state index is 0.226. The number of nitrogens with zero attached hydrogens (tertiary/aromatic N) is 2. The van der Waals surface area contributed by atoms with Crippen LogP contribution in [-0.2, 0) is 6.42 Å². The highest BCUT2D eigenvalue weighted by Crippen LogP contribution is 2.22. The summed E-state index contributed by atoms with van der Waals surface area (Å²) >= 11 is 0. The van der Waals surface area contributed by atoms with E-state index in [4.69, 9.17) is 5.73 Å². The smallest absolute Gasteiger partial charge is 0.0400 e. The summed E-state index contributed by atoms with van der Waals surface area (Å²) in [5, 5.41) is 0. The predicted octanol–water partition coefficient (Wildman–Crippen LogP) is 1.33. The number of benzene rings is 1. The molecule has 0 bridgehead atoms. The third-order valence-electron chi connectivity index (χ3n) is 3.38. The van der Waals surface area contributed by atoms with Gasteiger partial charge in [-0.05, 0) is 32.0 Å². The van der Waals surface area contributed by atoms with Crippen LogP contribution in [-0.4, -0.2) is 44.2 Å². The lowest BCUT2D eigenvalue weighted by Gasteiger charge is -2.35. The van der Waals surface area contributed by atoms with Gasteiger partial charge < -0.3 is 15.5 Å². The van der Waals surface area contributed by atoms with Crippen molar-refractivity contribution in [3.8, 4) is 0 Å². The highest BCUT2D eigenvalue weighted by atomic mass is 15.2. The molecule has 0 aromatic heterocycles. The van der Waals surface area contributed by atoms with E-state index >= 15 is 0 Å². The van der Waals surface area contributed by atoms with Gasteiger partial charge in [0.05, 0.1) is 0 Å². The number of para-hydroxylation sites is 1. The quantitative estimate of drug-likeness (QED) is 0.855. The largest absolute Gasteiger partial charge is 0.369 e. The molecule has 1 saturated heterocycles. The van der Waals surface area contributed by atoms with Crippen molar-refractivity contribution in [3.05, 3.63) is 29.8 Å². The van der Waals surface area contributed by atoms with E-state index in [1.807, 2.05) is 0 Å². The van der Waals surface area contributed by atoms with Crippen LogP contribution < -0.4 is 10.6 Å². The number of piperazine rings is 1. The number of hydrogen-bond acceptors (Lipinski definition) is 3. The van der Waals surface area contributed by atoms with Crippen LogP contribution >= 0.6 is 0 Å². The van der Waals surface area contributed by atoms with Crippen molar-refractivity contribution in [3.63, 3.8) is 0 Å². The summed E-state index contributed by atoms with van der Waals surface area (Å²) in [6.45, 7) is 6.60. The Labute approximate surface area is 104 Å². The maximum atomic E-state index is 5.92. The zero-order valence-corrected chi connectivity index (χ0v) is 10.9. The SMILES string of the molecule is CC(N)Cc1ccccc1N1CCN(C)CC1. The fourth-order valence-corrected chi connectivity index (χ4v) is 2.39. The van der Waals surface area contributed by atoms with Crippen LogP contribution in [0.3, 0.4) is 0 Å². The first kappa shape index (κ1) is 12.4. The summed E-state index contributed by atoms with van der Waals surface area (Å²) in [5.41, 5.74) is 8.67. The molecule has 0 saturated carbocycles. The highest BCUT2D eigenvalue weighted by molar-refractivity contribution is 5.54. The van der Waals surface area contributed by atoms with E-state index in [2.05, 4.69) is 48.0 Å². The molecule has 1 unspecified atom stereocenters. The first-order valence-electron chi connectivity index (χ1n) is 6.44. The number of nitrogens with two attached hydrogens (primary N) is 1. The van der Waals surface area contributed by atoms with Gasteiger partial charge in [-0.25, -0.2) is 0 Å². The Balaban J connectivity index is 2.14. The minimum absolute atomic E-state index is 0.226. The molecule has 1 heterocycles.